The number of carbonyl (C=O) groups excluding carboxylic acids is 2. The van der Waals surface area contributed by atoms with Crippen LogP contribution >= 0.6 is 0 Å². The van der Waals surface area contributed by atoms with Crippen LogP contribution in [-0.2, 0) is 48.7 Å². The van der Waals surface area contributed by atoms with Crippen molar-refractivity contribution in [2.24, 2.45) is 0 Å². The van der Waals surface area contributed by atoms with E-state index in [1.807, 2.05) is 91.0 Å². The highest BCUT2D eigenvalue weighted by Crippen LogP contribution is 2.07. The van der Waals surface area contributed by atoms with Gasteiger partial charge in [-0.15, -0.1) is 0 Å². The van der Waals surface area contributed by atoms with E-state index in [1.54, 1.807) is 0 Å². The largest absolute Gasteiger partial charge is 0.461 e. The molecular formula is C29H34N2O7. The lowest BCUT2D eigenvalue weighted by Gasteiger charge is -2.22. The molecule has 0 heterocycles. The van der Waals surface area contributed by atoms with E-state index in [-0.39, 0.29) is 45.4 Å². The fourth-order valence-corrected chi connectivity index (χ4v) is 3.38. The third-order valence-electron chi connectivity index (χ3n) is 5.44. The molecule has 2 atom stereocenters. The first-order valence-corrected chi connectivity index (χ1v) is 12.4. The first-order chi connectivity index (χ1) is 18.6. The molecule has 1 unspecified atom stereocenters. The fourth-order valence-electron chi connectivity index (χ4n) is 3.38. The van der Waals surface area contributed by atoms with Crippen LogP contribution in [0.5, 0.6) is 0 Å². The van der Waals surface area contributed by atoms with Gasteiger partial charge in [0.25, 0.3) is 0 Å². The Morgan fingerprint density at radius 1 is 0.684 bits per heavy atom. The van der Waals surface area contributed by atoms with Crippen LogP contribution in [0.3, 0.4) is 0 Å². The van der Waals surface area contributed by atoms with Crippen molar-refractivity contribution in [3.05, 3.63) is 108 Å². The molecule has 0 amide bonds. The van der Waals surface area contributed by atoms with Crippen LogP contribution in [0.25, 0.3) is 0 Å². The van der Waals surface area contributed by atoms with E-state index in [2.05, 4.69) is 10.6 Å². The lowest BCUT2D eigenvalue weighted by Crippen LogP contribution is -2.50. The molecule has 38 heavy (non-hydrogen) atoms. The highest BCUT2D eigenvalue weighted by molar-refractivity contribution is 5.71. The van der Waals surface area contributed by atoms with Crippen LogP contribution in [0, 0.1) is 0 Å². The topological polar surface area (TPSA) is 115 Å². The second-order valence-corrected chi connectivity index (χ2v) is 8.51. The van der Waals surface area contributed by atoms with Gasteiger partial charge in [0.05, 0.1) is 13.2 Å². The van der Waals surface area contributed by atoms with Crippen molar-refractivity contribution in [1.82, 2.24) is 10.6 Å². The van der Waals surface area contributed by atoms with Gasteiger partial charge in [-0.25, -0.2) is 9.78 Å². The number of nitrogens with one attached hydrogen (secondary N) is 2. The molecule has 0 saturated heterocycles. The van der Waals surface area contributed by atoms with Gasteiger partial charge >= 0.3 is 11.9 Å². The summed E-state index contributed by atoms with van der Waals surface area (Å²) in [6.45, 7) is 0.420. The Bertz CT molecular complexity index is 1070. The predicted octanol–water partition coefficient (Wildman–Crippen LogP) is 3.23. The summed E-state index contributed by atoms with van der Waals surface area (Å²) in [6, 6.07) is 27.8. The van der Waals surface area contributed by atoms with Crippen LogP contribution in [0.15, 0.2) is 91.0 Å². The predicted molar refractivity (Wildman–Crippen MR) is 140 cm³/mol. The van der Waals surface area contributed by atoms with Crippen molar-refractivity contribution < 1.29 is 33.9 Å². The minimum Gasteiger partial charge on any atom is -0.461 e. The first-order valence-electron chi connectivity index (χ1n) is 12.4. The molecule has 3 aromatic rings. The molecule has 3 aromatic carbocycles. The average Bonchev–Trinajstić information content (AvgIpc) is 2.96. The van der Waals surface area contributed by atoms with Gasteiger partial charge in [-0.1, -0.05) is 91.0 Å². The molecule has 0 aliphatic heterocycles. The number of ether oxygens (including phenoxy) is 2. The standard InChI is InChI=1S/C29H34N2O7/c32-27(35-19-23-10-4-1-5-11-23)17-16-26(22-38-37-21-25-14-8-3-9-15-25)31-29(34)30-18-28(33)36-20-24-12-6-2-7-13-24/h1-15,26,29-31,34H,16-22H2/t26-,29?/m0/s1. The smallest absolute Gasteiger partial charge is 0.320 e. The Hall–Kier alpha value is -3.60. The molecule has 0 aromatic heterocycles. The second kappa shape index (κ2) is 17.0. The van der Waals surface area contributed by atoms with Crippen molar-refractivity contribution in [1.29, 1.82) is 0 Å². The molecule has 0 fully saturated rings. The van der Waals surface area contributed by atoms with Crippen molar-refractivity contribution >= 4 is 11.9 Å². The second-order valence-electron chi connectivity index (χ2n) is 8.51. The van der Waals surface area contributed by atoms with Crippen LogP contribution in [0.1, 0.15) is 29.5 Å². The number of aliphatic hydroxyl groups is 1. The van der Waals surface area contributed by atoms with E-state index in [1.165, 1.54) is 0 Å². The van der Waals surface area contributed by atoms with Gasteiger partial charge in [-0.05, 0) is 23.1 Å². The molecule has 0 spiro atoms. The molecule has 0 bridgehead atoms. The molecule has 3 rings (SSSR count). The highest BCUT2D eigenvalue weighted by Gasteiger charge is 2.17. The SMILES string of the molecule is O=C(CC[C@@H](COOCc1ccccc1)NC(O)NCC(=O)OCc1ccccc1)OCc1ccccc1. The Labute approximate surface area is 222 Å². The summed E-state index contributed by atoms with van der Waals surface area (Å²) in [5.41, 5.74) is 2.70. The molecule has 202 valence electrons. The van der Waals surface area contributed by atoms with Crippen LogP contribution in [0.2, 0.25) is 0 Å². The van der Waals surface area contributed by atoms with Gasteiger partial charge in [0.15, 0.2) is 6.35 Å². The van der Waals surface area contributed by atoms with Crippen molar-refractivity contribution in [2.75, 3.05) is 13.2 Å². The lowest BCUT2D eigenvalue weighted by molar-refractivity contribution is -0.308. The third-order valence-corrected chi connectivity index (χ3v) is 5.44. The van der Waals surface area contributed by atoms with Crippen LogP contribution < -0.4 is 10.6 Å². The fraction of sp³-hybridized carbons (Fsp3) is 0.310. The number of esters is 2. The van der Waals surface area contributed by atoms with E-state index in [4.69, 9.17) is 19.2 Å². The van der Waals surface area contributed by atoms with Gasteiger partial charge in [-0.2, -0.15) is 0 Å². The minimum atomic E-state index is -1.25. The van der Waals surface area contributed by atoms with Crippen molar-refractivity contribution in [3.8, 4) is 0 Å². The minimum absolute atomic E-state index is 0.0516. The average molecular weight is 523 g/mol. The monoisotopic (exact) mass is 522 g/mol. The molecule has 3 N–H and O–H groups in total. The summed E-state index contributed by atoms with van der Waals surface area (Å²) < 4.78 is 10.5. The summed E-state index contributed by atoms with van der Waals surface area (Å²) in [4.78, 5) is 34.9. The Morgan fingerprint density at radius 3 is 1.74 bits per heavy atom. The highest BCUT2D eigenvalue weighted by atomic mass is 17.2. The quantitative estimate of drug-likeness (QED) is 0.0808. The van der Waals surface area contributed by atoms with Gasteiger partial charge in [0.1, 0.15) is 19.8 Å². The molecule has 9 heteroatoms. The van der Waals surface area contributed by atoms with Gasteiger partial charge < -0.3 is 14.6 Å². The number of hydrogen-bond acceptors (Lipinski definition) is 9. The zero-order valence-corrected chi connectivity index (χ0v) is 21.2. The number of hydrogen-bond donors (Lipinski definition) is 3. The summed E-state index contributed by atoms with van der Waals surface area (Å²) in [5.74, 6) is -0.893. The Balaban J connectivity index is 1.41. The number of carbonyl (C=O) groups is 2. The number of rotatable bonds is 17. The Morgan fingerprint density at radius 2 is 1.18 bits per heavy atom. The van der Waals surface area contributed by atoms with Crippen LogP contribution in [-0.4, -0.2) is 42.6 Å². The van der Waals surface area contributed by atoms with E-state index in [0.29, 0.717) is 6.42 Å². The Kier molecular flexibility index (Phi) is 13.0. The maximum Gasteiger partial charge on any atom is 0.320 e. The van der Waals surface area contributed by atoms with E-state index in [9.17, 15) is 14.7 Å². The molecule has 0 aliphatic rings. The van der Waals surface area contributed by atoms with E-state index < -0.39 is 18.4 Å². The van der Waals surface area contributed by atoms with E-state index >= 15 is 0 Å². The zero-order valence-electron chi connectivity index (χ0n) is 21.2. The number of benzene rings is 3. The molecule has 0 aliphatic carbocycles. The summed E-state index contributed by atoms with van der Waals surface area (Å²) in [5, 5.41) is 15.9. The molecular weight excluding hydrogens is 488 g/mol. The van der Waals surface area contributed by atoms with Gasteiger partial charge in [0.2, 0.25) is 0 Å². The zero-order chi connectivity index (χ0) is 26.8. The molecule has 0 radical (unpaired) electrons. The van der Waals surface area contributed by atoms with Crippen LogP contribution in [0.4, 0.5) is 0 Å². The third kappa shape index (κ3) is 12.1. The normalized spacial score (nSPS) is 12.4. The summed E-state index contributed by atoms with van der Waals surface area (Å²) >= 11 is 0. The maximum absolute atomic E-state index is 12.3. The summed E-state index contributed by atoms with van der Waals surface area (Å²) in [7, 11) is 0. The van der Waals surface area contributed by atoms with Crippen molar-refractivity contribution in [3.63, 3.8) is 0 Å². The van der Waals surface area contributed by atoms with E-state index in [0.717, 1.165) is 16.7 Å². The molecule has 0 saturated carbocycles. The maximum atomic E-state index is 12.3. The number of aliphatic hydroxyl groups excluding tert-OH is 1. The first kappa shape index (κ1) is 29.0. The lowest BCUT2D eigenvalue weighted by atomic mass is 10.1. The van der Waals surface area contributed by atoms with Gasteiger partial charge in [-0.3, -0.25) is 20.2 Å². The molecule has 9 nitrogen and oxygen atoms in total. The summed E-state index contributed by atoms with van der Waals surface area (Å²) in [6.07, 6.45) is -0.847. The van der Waals surface area contributed by atoms with Gasteiger partial charge in [0, 0.05) is 12.5 Å². The van der Waals surface area contributed by atoms with Crippen molar-refractivity contribution in [2.45, 2.75) is 45.1 Å².